The third kappa shape index (κ3) is 3.13. The van der Waals surface area contributed by atoms with Crippen molar-refractivity contribution in [2.75, 3.05) is 11.9 Å². The van der Waals surface area contributed by atoms with Crippen molar-refractivity contribution in [1.82, 2.24) is 10.3 Å². The molecular weight excluding hydrogens is 243 g/mol. The minimum absolute atomic E-state index is 0.120. The first-order valence-corrected chi connectivity index (χ1v) is 6.00. The Balaban J connectivity index is 2.09. The third-order valence-electron chi connectivity index (χ3n) is 3.18. The smallest absolute Gasteiger partial charge is 0.366 e. The van der Waals surface area contributed by atoms with Crippen LogP contribution in [0.3, 0.4) is 0 Å². The number of pyridine rings is 1. The largest absolute Gasteiger partial charge is 0.416 e. The molecule has 1 saturated heterocycles. The van der Waals surface area contributed by atoms with Crippen LogP contribution in [0.2, 0.25) is 0 Å². The number of hydrogen-bond acceptors (Lipinski definition) is 3. The van der Waals surface area contributed by atoms with Crippen LogP contribution in [0.5, 0.6) is 0 Å². The molecule has 1 aliphatic rings. The van der Waals surface area contributed by atoms with Crippen LogP contribution in [0.4, 0.5) is 19.0 Å². The molecule has 0 spiro atoms. The number of anilines is 1. The number of alkyl halides is 3. The maximum Gasteiger partial charge on any atom is 0.416 e. The molecule has 2 N–H and O–H groups in total. The first-order chi connectivity index (χ1) is 8.47. The van der Waals surface area contributed by atoms with Gasteiger partial charge in [0, 0.05) is 18.3 Å². The van der Waals surface area contributed by atoms with Gasteiger partial charge in [0.05, 0.1) is 5.56 Å². The van der Waals surface area contributed by atoms with Gasteiger partial charge in [0.25, 0.3) is 0 Å². The Kier molecular flexibility index (Phi) is 3.75. The van der Waals surface area contributed by atoms with Gasteiger partial charge in [0.2, 0.25) is 0 Å². The SMILES string of the molecule is CC1NCCCC1Nc1cc(C(F)(F)F)ccn1. The van der Waals surface area contributed by atoms with Crippen molar-refractivity contribution >= 4 is 5.82 Å². The van der Waals surface area contributed by atoms with Crippen molar-refractivity contribution < 1.29 is 13.2 Å². The lowest BCUT2D eigenvalue weighted by Crippen LogP contribution is -2.46. The van der Waals surface area contributed by atoms with Gasteiger partial charge in [-0.05, 0) is 38.4 Å². The molecule has 2 atom stereocenters. The molecule has 0 saturated carbocycles. The summed E-state index contributed by atoms with van der Waals surface area (Å²) in [6.45, 7) is 2.97. The van der Waals surface area contributed by atoms with Crippen LogP contribution < -0.4 is 10.6 Å². The minimum atomic E-state index is -4.32. The summed E-state index contributed by atoms with van der Waals surface area (Å²) >= 11 is 0. The average molecular weight is 259 g/mol. The highest BCUT2D eigenvalue weighted by Crippen LogP contribution is 2.30. The van der Waals surface area contributed by atoms with Gasteiger partial charge in [0.1, 0.15) is 5.82 Å². The fourth-order valence-corrected chi connectivity index (χ4v) is 2.12. The number of rotatable bonds is 2. The maximum absolute atomic E-state index is 12.6. The second-order valence-electron chi connectivity index (χ2n) is 4.56. The quantitative estimate of drug-likeness (QED) is 0.857. The monoisotopic (exact) mass is 259 g/mol. The highest BCUT2D eigenvalue weighted by molar-refractivity contribution is 5.40. The van der Waals surface area contributed by atoms with Gasteiger partial charge in [-0.15, -0.1) is 0 Å². The molecule has 100 valence electrons. The molecule has 1 aliphatic heterocycles. The number of nitrogens with one attached hydrogen (secondary N) is 2. The Morgan fingerprint density at radius 3 is 2.89 bits per heavy atom. The highest BCUT2D eigenvalue weighted by atomic mass is 19.4. The molecule has 6 heteroatoms. The molecule has 0 amide bonds. The summed E-state index contributed by atoms with van der Waals surface area (Å²) in [4.78, 5) is 3.94. The Labute approximate surface area is 104 Å². The summed E-state index contributed by atoms with van der Waals surface area (Å²) in [5, 5.41) is 6.35. The van der Waals surface area contributed by atoms with Gasteiger partial charge in [-0.1, -0.05) is 0 Å². The summed E-state index contributed by atoms with van der Waals surface area (Å²) in [7, 11) is 0. The van der Waals surface area contributed by atoms with Gasteiger partial charge in [0.15, 0.2) is 0 Å². The van der Waals surface area contributed by atoms with E-state index in [0.29, 0.717) is 0 Å². The lowest BCUT2D eigenvalue weighted by Gasteiger charge is -2.31. The predicted octanol–water partition coefficient (Wildman–Crippen LogP) is 2.65. The first-order valence-electron chi connectivity index (χ1n) is 6.00. The van der Waals surface area contributed by atoms with Crippen molar-refractivity contribution in [3.63, 3.8) is 0 Å². The lowest BCUT2D eigenvalue weighted by atomic mass is 10.00. The molecule has 0 radical (unpaired) electrons. The molecule has 0 aliphatic carbocycles. The standard InChI is InChI=1S/C12H16F3N3/c1-8-10(3-2-5-16-8)18-11-7-9(4-6-17-11)12(13,14)15/h4,6-8,10,16H,2-3,5H2,1H3,(H,17,18). The average Bonchev–Trinajstić information content (AvgIpc) is 2.31. The number of halogens is 3. The van der Waals surface area contributed by atoms with E-state index in [2.05, 4.69) is 15.6 Å². The second-order valence-corrected chi connectivity index (χ2v) is 4.56. The van der Waals surface area contributed by atoms with Crippen LogP contribution in [0.25, 0.3) is 0 Å². The van der Waals surface area contributed by atoms with Crippen LogP contribution in [-0.4, -0.2) is 23.6 Å². The summed E-state index contributed by atoms with van der Waals surface area (Å²) in [5.41, 5.74) is -0.670. The molecule has 1 fully saturated rings. The summed E-state index contributed by atoms with van der Waals surface area (Å²) in [6.07, 6.45) is -1.19. The van der Waals surface area contributed by atoms with Crippen molar-refractivity contribution in [3.05, 3.63) is 23.9 Å². The predicted molar refractivity (Wildman–Crippen MR) is 63.3 cm³/mol. The second kappa shape index (κ2) is 5.14. The van der Waals surface area contributed by atoms with E-state index in [-0.39, 0.29) is 17.9 Å². The fourth-order valence-electron chi connectivity index (χ4n) is 2.12. The molecule has 1 aromatic rings. The zero-order chi connectivity index (χ0) is 13.2. The minimum Gasteiger partial charge on any atom is -0.366 e. The Morgan fingerprint density at radius 2 is 2.22 bits per heavy atom. The van der Waals surface area contributed by atoms with Gasteiger partial charge in [-0.25, -0.2) is 4.98 Å². The van der Waals surface area contributed by atoms with E-state index < -0.39 is 11.7 Å². The summed E-state index contributed by atoms with van der Waals surface area (Å²) in [6, 6.07) is 2.39. The number of aromatic nitrogens is 1. The van der Waals surface area contributed by atoms with Gasteiger partial charge in [-0.3, -0.25) is 0 Å². The van der Waals surface area contributed by atoms with Gasteiger partial charge in [-0.2, -0.15) is 13.2 Å². The van der Waals surface area contributed by atoms with Crippen LogP contribution >= 0.6 is 0 Å². The van der Waals surface area contributed by atoms with Crippen molar-refractivity contribution in [2.24, 2.45) is 0 Å². The molecule has 2 heterocycles. The van der Waals surface area contributed by atoms with E-state index in [9.17, 15) is 13.2 Å². The first kappa shape index (κ1) is 13.1. The van der Waals surface area contributed by atoms with Crippen LogP contribution in [0.15, 0.2) is 18.3 Å². The molecular formula is C12H16F3N3. The topological polar surface area (TPSA) is 37.0 Å². The molecule has 0 bridgehead atoms. The molecule has 2 unspecified atom stereocenters. The van der Waals surface area contributed by atoms with Gasteiger partial charge < -0.3 is 10.6 Å². The number of hydrogen-bond donors (Lipinski definition) is 2. The van der Waals surface area contributed by atoms with Crippen LogP contribution in [-0.2, 0) is 6.18 Å². The third-order valence-corrected chi connectivity index (χ3v) is 3.18. The van der Waals surface area contributed by atoms with E-state index in [1.54, 1.807) is 0 Å². The van der Waals surface area contributed by atoms with Crippen molar-refractivity contribution in [2.45, 2.75) is 38.0 Å². The summed E-state index contributed by atoms with van der Waals surface area (Å²) in [5.74, 6) is 0.283. The lowest BCUT2D eigenvalue weighted by molar-refractivity contribution is -0.137. The molecule has 3 nitrogen and oxygen atoms in total. The normalized spacial score (nSPS) is 24.9. The Hall–Kier alpha value is -1.30. The Morgan fingerprint density at radius 1 is 1.44 bits per heavy atom. The van der Waals surface area contributed by atoms with Crippen molar-refractivity contribution in [3.8, 4) is 0 Å². The van der Waals surface area contributed by atoms with E-state index in [1.165, 1.54) is 6.20 Å². The zero-order valence-corrected chi connectivity index (χ0v) is 10.1. The van der Waals surface area contributed by atoms with E-state index in [4.69, 9.17) is 0 Å². The van der Waals surface area contributed by atoms with Gasteiger partial charge >= 0.3 is 6.18 Å². The zero-order valence-electron chi connectivity index (χ0n) is 10.1. The molecule has 1 aromatic heterocycles. The number of piperidine rings is 1. The maximum atomic E-state index is 12.6. The van der Waals surface area contributed by atoms with E-state index in [0.717, 1.165) is 31.5 Å². The van der Waals surface area contributed by atoms with Crippen LogP contribution in [0, 0.1) is 0 Å². The summed E-state index contributed by atoms with van der Waals surface area (Å²) < 4.78 is 37.7. The van der Waals surface area contributed by atoms with E-state index in [1.807, 2.05) is 6.92 Å². The molecule has 18 heavy (non-hydrogen) atoms. The van der Waals surface area contributed by atoms with Crippen molar-refractivity contribution in [1.29, 1.82) is 0 Å². The number of nitrogens with zero attached hydrogens (tertiary/aromatic N) is 1. The van der Waals surface area contributed by atoms with Crippen LogP contribution in [0.1, 0.15) is 25.3 Å². The Bertz CT molecular complexity index is 406. The van der Waals surface area contributed by atoms with E-state index >= 15 is 0 Å². The molecule has 0 aromatic carbocycles. The fraction of sp³-hybridized carbons (Fsp3) is 0.583. The highest BCUT2D eigenvalue weighted by Gasteiger charge is 2.31. The molecule has 2 rings (SSSR count).